The number of carbonyl (C=O) groups is 1. The molecule has 0 bridgehead atoms. The Morgan fingerprint density at radius 2 is 1.69 bits per heavy atom. The number of aromatic nitrogens is 4. The van der Waals surface area contributed by atoms with Gasteiger partial charge in [0.15, 0.2) is 0 Å². The summed E-state index contributed by atoms with van der Waals surface area (Å²) in [5.74, 6) is 2.70. The number of nitrogens with one attached hydrogen (secondary N) is 2. The molecule has 0 spiro atoms. The normalized spacial score (nSPS) is 10.6. The molecule has 4 aromatic rings. The molecule has 8 heteroatoms. The number of amides is 1. The second-order valence-corrected chi connectivity index (χ2v) is 7.17. The number of hydrogen-bond acceptors (Lipinski definition) is 6. The van der Waals surface area contributed by atoms with Crippen LogP contribution in [0.25, 0.3) is 5.82 Å². The fourth-order valence-corrected chi connectivity index (χ4v) is 3.07. The standard InChI is InChI=1S/C24H24N6O2/c1-17-18(2)30(16-29-17)23-14-22(27-15-28-23)25-12-13-26-24(31)19-8-10-21(11-9-19)32-20-6-4-3-5-7-20/h3-11,14-16H,12-13H2,1-2H3,(H,26,31)(H,25,27,28). The second kappa shape index (κ2) is 9.74. The molecule has 162 valence electrons. The number of carbonyl (C=O) groups excluding carboxylic acids is 1. The average molecular weight is 428 g/mol. The third-order valence-corrected chi connectivity index (χ3v) is 4.96. The first-order valence-electron chi connectivity index (χ1n) is 10.3. The molecule has 0 aliphatic heterocycles. The maximum absolute atomic E-state index is 12.4. The molecular weight excluding hydrogens is 404 g/mol. The van der Waals surface area contributed by atoms with Gasteiger partial charge in [-0.25, -0.2) is 15.0 Å². The van der Waals surface area contributed by atoms with E-state index in [2.05, 4.69) is 25.6 Å². The van der Waals surface area contributed by atoms with E-state index in [9.17, 15) is 4.79 Å². The van der Waals surface area contributed by atoms with Gasteiger partial charge in [-0.15, -0.1) is 0 Å². The monoisotopic (exact) mass is 428 g/mol. The Morgan fingerprint density at radius 3 is 2.41 bits per heavy atom. The van der Waals surface area contributed by atoms with Crippen LogP contribution in [-0.2, 0) is 0 Å². The van der Waals surface area contributed by atoms with Crippen molar-refractivity contribution < 1.29 is 9.53 Å². The topological polar surface area (TPSA) is 94.0 Å². The lowest BCUT2D eigenvalue weighted by Gasteiger charge is -2.10. The molecule has 0 saturated heterocycles. The van der Waals surface area contributed by atoms with Crippen LogP contribution in [0.1, 0.15) is 21.7 Å². The van der Waals surface area contributed by atoms with E-state index in [0.29, 0.717) is 30.2 Å². The Kier molecular flexibility index (Phi) is 6.41. The minimum Gasteiger partial charge on any atom is -0.457 e. The Hall–Kier alpha value is -4.20. The van der Waals surface area contributed by atoms with E-state index < -0.39 is 0 Å². The minimum atomic E-state index is -0.147. The van der Waals surface area contributed by atoms with Gasteiger partial charge in [0.25, 0.3) is 5.91 Å². The summed E-state index contributed by atoms with van der Waals surface area (Å²) in [5, 5.41) is 6.10. The molecule has 0 unspecified atom stereocenters. The average Bonchev–Trinajstić information content (AvgIpc) is 3.16. The van der Waals surface area contributed by atoms with E-state index >= 15 is 0 Å². The van der Waals surface area contributed by atoms with E-state index in [-0.39, 0.29) is 5.91 Å². The third kappa shape index (κ3) is 5.10. The van der Waals surface area contributed by atoms with Gasteiger partial charge < -0.3 is 15.4 Å². The molecule has 0 radical (unpaired) electrons. The molecule has 2 heterocycles. The first-order valence-corrected chi connectivity index (χ1v) is 10.3. The zero-order valence-electron chi connectivity index (χ0n) is 17.9. The van der Waals surface area contributed by atoms with Gasteiger partial charge in [-0.1, -0.05) is 18.2 Å². The summed E-state index contributed by atoms with van der Waals surface area (Å²) in [7, 11) is 0. The predicted octanol–water partition coefficient (Wildman–Crippen LogP) is 3.91. The molecule has 8 nitrogen and oxygen atoms in total. The van der Waals surface area contributed by atoms with Crippen molar-refractivity contribution in [2.45, 2.75) is 13.8 Å². The van der Waals surface area contributed by atoms with Gasteiger partial charge in [-0.3, -0.25) is 9.36 Å². The summed E-state index contributed by atoms with van der Waals surface area (Å²) < 4.78 is 7.66. The van der Waals surface area contributed by atoms with Gasteiger partial charge in [-0.05, 0) is 50.2 Å². The van der Waals surface area contributed by atoms with E-state index in [1.807, 2.05) is 54.8 Å². The number of anilines is 1. The number of para-hydroxylation sites is 1. The summed E-state index contributed by atoms with van der Waals surface area (Å²) in [6.45, 7) is 4.93. The Morgan fingerprint density at radius 1 is 0.938 bits per heavy atom. The number of aryl methyl sites for hydroxylation is 1. The maximum Gasteiger partial charge on any atom is 0.251 e. The number of imidazole rings is 1. The molecule has 32 heavy (non-hydrogen) atoms. The lowest BCUT2D eigenvalue weighted by Crippen LogP contribution is -2.28. The summed E-state index contributed by atoms with van der Waals surface area (Å²) >= 11 is 0. The van der Waals surface area contributed by atoms with Crippen LogP contribution >= 0.6 is 0 Å². The highest BCUT2D eigenvalue weighted by Gasteiger charge is 2.08. The van der Waals surface area contributed by atoms with Crippen molar-refractivity contribution in [1.82, 2.24) is 24.8 Å². The van der Waals surface area contributed by atoms with E-state index in [0.717, 1.165) is 23.0 Å². The first-order chi connectivity index (χ1) is 15.6. The molecule has 0 atom stereocenters. The SMILES string of the molecule is Cc1ncn(-c2cc(NCCNC(=O)c3ccc(Oc4ccccc4)cc3)ncn2)c1C. The van der Waals surface area contributed by atoms with E-state index in [1.54, 1.807) is 30.6 Å². The highest BCUT2D eigenvalue weighted by atomic mass is 16.5. The van der Waals surface area contributed by atoms with Gasteiger partial charge in [0.2, 0.25) is 0 Å². The molecular formula is C24H24N6O2. The third-order valence-electron chi connectivity index (χ3n) is 4.96. The fraction of sp³-hybridized carbons (Fsp3) is 0.167. The van der Waals surface area contributed by atoms with Crippen LogP contribution in [0.5, 0.6) is 11.5 Å². The van der Waals surface area contributed by atoms with E-state index in [4.69, 9.17) is 4.74 Å². The highest BCUT2D eigenvalue weighted by molar-refractivity contribution is 5.94. The molecule has 2 aromatic carbocycles. The van der Waals surface area contributed by atoms with Gasteiger partial charge in [-0.2, -0.15) is 0 Å². The smallest absolute Gasteiger partial charge is 0.251 e. The molecule has 1 amide bonds. The van der Waals surface area contributed by atoms with Crippen LogP contribution in [0.15, 0.2) is 73.3 Å². The molecule has 2 aromatic heterocycles. The van der Waals surface area contributed by atoms with Crippen LogP contribution in [0, 0.1) is 13.8 Å². The summed E-state index contributed by atoms with van der Waals surface area (Å²) in [6, 6.07) is 18.4. The number of ether oxygens (including phenoxy) is 1. The molecule has 0 aliphatic rings. The predicted molar refractivity (Wildman–Crippen MR) is 122 cm³/mol. The van der Waals surface area contributed by atoms with E-state index in [1.165, 1.54) is 6.33 Å². The molecule has 0 aliphatic carbocycles. The van der Waals surface area contributed by atoms with Crippen molar-refractivity contribution in [2.24, 2.45) is 0 Å². The largest absolute Gasteiger partial charge is 0.457 e. The van der Waals surface area contributed by atoms with Crippen LogP contribution in [-0.4, -0.2) is 38.5 Å². The van der Waals surface area contributed by atoms with Crippen LogP contribution < -0.4 is 15.4 Å². The van der Waals surface area contributed by atoms with Crippen LogP contribution in [0.4, 0.5) is 5.82 Å². The van der Waals surface area contributed by atoms with Crippen molar-refractivity contribution in [3.8, 4) is 17.3 Å². The zero-order valence-corrected chi connectivity index (χ0v) is 17.9. The molecule has 4 rings (SSSR count). The fourth-order valence-electron chi connectivity index (χ4n) is 3.07. The van der Waals surface area contributed by atoms with Crippen molar-refractivity contribution in [3.63, 3.8) is 0 Å². The number of nitrogens with zero attached hydrogens (tertiary/aromatic N) is 4. The number of benzene rings is 2. The Bertz CT molecular complexity index is 1190. The molecule has 0 fully saturated rings. The van der Waals surface area contributed by atoms with Gasteiger partial charge in [0.1, 0.15) is 35.8 Å². The van der Waals surface area contributed by atoms with Crippen LogP contribution in [0.3, 0.4) is 0 Å². The Labute approximate surface area is 186 Å². The highest BCUT2D eigenvalue weighted by Crippen LogP contribution is 2.21. The Balaban J connectivity index is 1.26. The number of rotatable bonds is 8. The summed E-state index contributed by atoms with van der Waals surface area (Å²) in [5.41, 5.74) is 2.56. The maximum atomic E-state index is 12.4. The number of hydrogen-bond donors (Lipinski definition) is 2. The first kappa shape index (κ1) is 21.0. The van der Waals surface area contributed by atoms with Crippen molar-refractivity contribution in [2.75, 3.05) is 18.4 Å². The second-order valence-electron chi connectivity index (χ2n) is 7.17. The zero-order chi connectivity index (χ0) is 22.3. The van der Waals surface area contributed by atoms with Crippen molar-refractivity contribution in [3.05, 3.63) is 90.3 Å². The molecule has 2 N–H and O–H groups in total. The van der Waals surface area contributed by atoms with Crippen molar-refractivity contribution in [1.29, 1.82) is 0 Å². The molecule has 0 saturated carbocycles. The summed E-state index contributed by atoms with van der Waals surface area (Å²) in [4.78, 5) is 25.2. The van der Waals surface area contributed by atoms with Crippen molar-refractivity contribution >= 4 is 11.7 Å². The van der Waals surface area contributed by atoms with Gasteiger partial charge >= 0.3 is 0 Å². The summed E-state index contributed by atoms with van der Waals surface area (Å²) in [6.07, 6.45) is 3.25. The van der Waals surface area contributed by atoms with Gasteiger partial charge in [0.05, 0.1) is 5.69 Å². The quantitative estimate of drug-likeness (QED) is 0.413. The lowest BCUT2D eigenvalue weighted by molar-refractivity contribution is 0.0955. The lowest BCUT2D eigenvalue weighted by atomic mass is 10.2. The van der Waals surface area contributed by atoms with Gasteiger partial charge in [0, 0.05) is 30.4 Å². The minimum absolute atomic E-state index is 0.147. The van der Waals surface area contributed by atoms with Crippen LogP contribution in [0.2, 0.25) is 0 Å².